The van der Waals surface area contributed by atoms with Crippen LogP contribution in [-0.4, -0.2) is 64.2 Å². The summed E-state index contributed by atoms with van der Waals surface area (Å²) in [5, 5.41) is 2.90. The molecule has 0 aliphatic heterocycles. The van der Waals surface area contributed by atoms with Crippen molar-refractivity contribution in [3.8, 4) is 11.5 Å². The number of hydrogen-bond acceptors (Lipinski definition) is 6. The number of methoxy groups -OCH3 is 2. The molecule has 0 aromatic heterocycles. The summed E-state index contributed by atoms with van der Waals surface area (Å²) in [5.74, 6) is -0.205. The quantitative estimate of drug-likeness (QED) is 0.409. The van der Waals surface area contributed by atoms with E-state index in [1.807, 2.05) is 38.1 Å². The highest BCUT2D eigenvalue weighted by atomic mass is 79.9. The molecule has 2 rings (SSSR count). The third-order valence-electron chi connectivity index (χ3n) is 5.74. The first-order valence-electron chi connectivity index (χ1n) is 11.4. The Balaban J connectivity index is 2.48. The molecule has 0 bridgehead atoms. The maximum absolute atomic E-state index is 13.7. The summed E-state index contributed by atoms with van der Waals surface area (Å²) in [4.78, 5) is 28.0. The molecule has 0 saturated carbocycles. The van der Waals surface area contributed by atoms with E-state index in [1.54, 1.807) is 19.1 Å². The molecule has 2 aromatic rings. The average Bonchev–Trinajstić information content (AvgIpc) is 2.84. The van der Waals surface area contributed by atoms with Gasteiger partial charge in [-0.05, 0) is 50.1 Å². The zero-order valence-electron chi connectivity index (χ0n) is 21.4. The Hall–Kier alpha value is -2.79. The van der Waals surface area contributed by atoms with E-state index in [-0.39, 0.29) is 29.9 Å². The number of sulfonamides is 1. The molecule has 0 heterocycles. The Bertz CT molecular complexity index is 1170. The van der Waals surface area contributed by atoms with Crippen LogP contribution >= 0.6 is 15.9 Å². The first kappa shape index (κ1) is 29.4. The van der Waals surface area contributed by atoms with E-state index in [0.29, 0.717) is 5.75 Å². The summed E-state index contributed by atoms with van der Waals surface area (Å²) < 4.78 is 38.0. The maximum Gasteiger partial charge on any atom is 0.244 e. The number of nitrogens with zero attached hydrogens (tertiary/aromatic N) is 2. The molecule has 36 heavy (non-hydrogen) atoms. The zero-order valence-corrected chi connectivity index (χ0v) is 23.9. The molecule has 0 spiro atoms. The molecule has 11 heteroatoms. The Morgan fingerprint density at radius 3 is 2.33 bits per heavy atom. The van der Waals surface area contributed by atoms with Crippen LogP contribution in [0.2, 0.25) is 0 Å². The minimum Gasteiger partial charge on any atom is -0.497 e. The van der Waals surface area contributed by atoms with E-state index in [4.69, 9.17) is 9.47 Å². The summed E-state index contributed by atoms with van der Waals surface area (Å²) in [6, 6.07) is 11.1. The lowest BCUT2D eigenvalue weighted by molar-refractivity contribution is -0.139. The van der Waals surface area contributed by atoms with Gasteiger partial charge in [0, 0.05) is 23.1 Å². The second-order valence-corrected chi connectivity index (χ2v) is 11.3. The molecule has 0 fully saturated rings. The van der Waals surface area contributed by atoms with E-state index in [0.717, 1.165) is 27.0 Å². The zero-order chi connectivity index (χ0) is 27.0. The topological polar surface area (TPSA) is 105 Å². The van der Waals surface area contributed by atoms with E-state index >= 15 is 0 Å². The van der Waals surface area contributed by atoms with Crippen LogP contribution in [0.15, 0.2) is 46.9 Å². The molecule has 9 nitrogen and oxygen atoms in total. The van der Waals surface area contributed by atoms with Crippen LogP contribution in [0.25, 0.3) is 0 Å². The first-order chi connectivity index (χ1) is 16.9. The monoisotopic (exact) mass is 583 g/mol. The van der Waals surface area contributed by atoms with Crippen LogP contribution in [0.5, 0.6) is 11.5 Å². The Morgan fingerprint density at radius 2 is 1.78 bits per heavy atom. The molecule has 198 valence electrons. The van der Waals surface area contributed by atoms with Crippen LogP contribution in [0, 0.1) is 0 Å². The lowest BCUT2D eigenvalue weighted by Gasteiger charge is -2.32. The number of carbonyl (C=O) groups is 2. The largest absolute Gasteiger partial charge is 0.497 e. The predicted molar refractivity (Wildman–Crippen MR) is 144 cm³/mol. The van der Waals surface area contributed by atoms with Gasteiger partial charge in [-0.1, -0.05) is 35.0 Å². The Labute approximate surface area is 221 Å². The third kappa shape index (κ3) is 7.86. The molecule has 2 amide bonds. The number of halogens is 1. The fourth-order valence-electron chi connectivity index (χ4n) is 3.47. The Kier molecular flexibility index (Phi) is 10.6. The van der Waals surface area contributed by atoms with Gasteiger partial charge in [0.15, 0.2) is 0 Å². The van der Waals surface area contributed by atoms with Crippen molar-refractivity contribution < 1.29 is 27.5 Å². The standard InChI is InChI=1S/C25H34BrN3O6S/c1-7-17(2)27-25(31)18(3)28(15-19-9-8-10-20(26)13-19)24(30)16-29(36(6,32)33)22-14-21(34-4)11-12-23(22)35-5/h8-14,17-18H,7,15-16H2,1-6H3,(H,27,31)/t17-,18+/m1/s1. The molecular weight excluding hydrogens is 550 g/mol. The summed E-state index contributed by atoms with van der Waals surface area (Å²) >= 11 is 3.43. The average molecular weight is 585 g/mol. The van der Waals surface area contributed by atoms with E-state index in [2.05, 4.69) is 21.2 Å². The highest BCUT2D eigenvalue weighted by Crippen LogP contribution is 2.34. The summed E-state index contributed by atoms with van der Waals surface area (Å²) in [7, 11) is -1.04. The number of rotatable bonds is 12. The predicted octanol–water partition coefficient (Wildman–Crippen LogP) is 3.56. The van der Waals surface area contributed by atoms with Gasteiger partial charge in [0.2, 0.25) is 21.8 Å². The van der Waals surface area contributed by atoms with Gasteiger partial charge in [0.25, 0.3) is 0 Å². The molecule has 0 aliphatic rings. The van der Waals surface area contributed by atoms with Crippen molar-refractivity contribution in [2.45, 2.75) is 45.8 Å². The highest BCUT2D eigenvalue weighted by molar-refractivity contribution is 9.10. The molecule has 2 atom stereocenters. The van der Waals surface area contributed by atoms with Crippen molar-refractivity contribution in [1.82, 2.24) is 10.2 Å². The number of nitrogens with one attached hydrogen (secondary N) is 1. The molecule has 0 saturated heterocycles. The third-order valence-corrected chi connectivity index (χ3v) is 7.36. The molecule has 0 aliphatic carbocycles. The number of benzene rings is 2. The summed E-state index contributed by atoms with van der Waals surface area (Å²) in [6.07, 6.45) is 1.74. The maximum atomic E-state index is 13.7. The minimum absolute atomic E-state index is 0.0728. The van der Waals surface area contributed by atoms with E-state index < -0.39 is 28.5 Å². The Morgan fingerprint density at radius 1 is 1.08 bits per heavy atom. The van der Waals surface area contributed by atoms with E-state index in [1.165, 1.54) is 25.2 Å². The van der Waals surface area contributed by atoms with Crippen LogP contribution in [0.3, 0.4) is 0 Å². The smallest absolute Gasteiger partial charge is 0.244 e. The first-order valence-corrected chi connectivity index (χ1v) is 14.1. The molecule has 0 radical (unpaired) electrons. The van der Waals surface area contributed by atoms with Crippen LogP contribution in [0.4, 0.5) is 5.69 Å². The molecule has 1 N–H and O–H groups in total. The van der Waals surface area contributed by atoms with Crippen molar-refractivity contribution in [1.29, 1.82) is 0 Å². The van der Waals surface area contributed by atoms with Gasteiger partial charge < -0.3 is 19.7 Å². The van der Waals surface area contributed by atoms with Gasteiger partial charge in [-0.15, -0.1) is 0 Å². The van der Waals surface area contributed by atoms with Gasteiger partial charge in [-0.3, -0.25) is 13.9 Å². The second-order valence-electron chi connectivity index (χ2n) is 8.45. The van der Waals surface area contributed by atoms with Gasteiger partial charge >= 0.3 is 0 Å². The fraction of sp³-hybridized carbons (Fsp3) is 0.440. The number of hydrogen-bond donors (Lipinski definition) is 1. The van der Waals surface area contributed by atoms with Crippen molar-refractivity contribution in [2.75, 3.05) is 31.3 Å². The van der Waals surface area contributed by atoms with Crippen LogP contribution < -0.4 is 19.1 Å². The SMILES string of the molecule is CC[C@@H](C)NC(=O)[C@H](C)N(Cc1cccc(Br)c1)C(=O)CN(c1cc(OC)ccc1OC)S(C)(=O)=O. The number of anilines is 1. The lowest BCUT2D eigenvalue weighted by Crippen LogP contribution is -2.52. The van der Waals surface area contributed by atoms with Gasteiger partial charge in [-0.25, -0.2) is 8.42 Å². The van der Waals surface area contributed by atoms with Gasteiger partial charge in [0.05, 0.1) is 26.2 Å². The van der Waals surface area contributed by atoms with Crippen LogP contribution in [-0.2, 0) is 26.2 Å². The van der Waals surface area contributed by atoms with Gasteiger partial charge in [0.1, 0.15) is 24.1 Å². The number of ether oxygens (including phenoxy) is 2. The van der Waals surface area contributed by atoms with Gasteiger partial charge in [-0.2, -0.15) is 0 Å². The van der Waals surface area contributed by atoms with Crippen molar-refractivity contribution in [2.24, 2.45) is 0 Å². The van der Waals surface area contributed by atoms with E-state index in [9.17, 15) is 18.0 Å². The molecule has 0 unspecified atom stereocenters. The summed E-state index contributed by atoms with van der Waals surface area (Å²) in [6.45, 7) is 5.04. The van der Waals surface area contributed by atoms with Crippen molar-refractivity contribution in [3.63, 3.8) is 0 Å². The lowest BCUT2D eigenvalue weighted by atomic mass is 10.1. The number of amides is 2. The summed E-state index contributed by atoms with van der Waals surface area (Å²) in [5.41, 5.74) is 0.942. The normalized spacial score (nSPS) is 12.9. The van der Waals surface area contributed by atoms with Crippen LogP contribution in [0.1, 0.15) is 32.8 Å². The molecular formula is C25H34BrN3O6S. The highest BCUT2D eigenvalue weighted by Gasteiger charge is 2.31. The second kappa shape index (κ2) is 13.0. The fourth-order valence-corrected chi connectivity index (χ4v) is 4.76. The number of carbonyl (C=O) groups excluding carboxylic acids is 2. The van der Waals surface area contributed by atoms with Crippen molar-refractivity contribution in [3.05, 3.63) is 52.5 Å². The van der Waals surface area contributed by atoms with Crippen molar-refractivity contribution >= 4 is 43.5 Å². The molecule has 2 aromatic carbocycles. The minimum atomic E-state index is -3.91.